The Balaban J connectivity index is 1.91. The van der Waals surface area contributed by atoms with Crippen molar-refractivity contribution in [1.82, 2.24) is 0 Å². The highest BCUT2D eigenvalue weighted by Crippen LogP contribution is 2.26. The summed E-state index contributed by atoms with van der Waals surface area (Å²) in [5.41, 5.74) is 0. The average molecular weight is 238 g/mol. The summed E-state index contributed by atoms with van der Waals surface area (Å²) >= 11 is 1.99. The Morgan fingerprint density at radius 3 is 2.81 bits per heavy atom. The van der Waals surface area contributed by atoms with Crippen molar-refractivity contribution >= 4 is 17.5 Å². The second kappa shape index (κ2) is 5.58. The van der Waals surface area contributed by atoms with Crippen LogP contribution in [0.2, 0.25) is 0 Å². The van der Waals surface area contributed by atoms with Gasteiger partial charge in [-0.3, -0.25) is 4.79 Å². The predicted molar refractivity (Wildman–Crippen MR) is 67.1 cm³/mol. The molecule has 1 aliphatic heterocycles. The highest BCUT2D eigenvalue weighted by atomic mass is 32.2. The van der Waals surface area contributed by atoms with E-state index in [0.717, 1.165) is 12.2 Å². The third kappa shape index (κ3) is 2.91. The van der Waals surface area contributed by atoms with E-state index >= 15 is 0 Å². The van der Waals surface area contributed by atoms with Crippen molar-refractivity contribution in [3.8, 4) is 0 Å². The molecule has 0 spiro atoms. The number of carbonyl (C=O) groups excluding carboxylic acids is 1. The first kappa shape index (κ1) is 11.8. The smallest absolute Gasteiger partial charge is 0.198 e. The first-order chi connectivity index (χ1) is 7.79. The molecule has 2 heterocycles. The van der Waals surface area contributed by atoms with Crippen molar-refractivity contribution in [2.24, 2.45) is 5.92 Å². The largest absolute Gasteiger partial charge is 0.458 e. The monoisotopic (exact) mass is 238 g/mol. The molecule has 0 N–H and O–H groups in total. The molecule has 0 unspecified atom stereocenters. The van der Waals surface area contributed by atoms with E-state index in [4.69, 9.17) is 4.42 Å². The van der Waals surface area contributed by atoms with Crippen LogP contribution in [-0.2, 0) is 6.42 Å². The highest BCUT2D eigenvalue weighted by molar-refractivity contribution is 7.99. The summed E-state index contributed by atoms with van der Waals surface area (Å²) in [6.45, 7) is 2.03. The number of furan rings is 1. The summed E-state index contributed by atoms with van der Waals surface area (Å²) in [6, 6.07) is 3.72. The van der Waals surface area contributed by atoms with Crippen LogP contribution >= 0.6 is 11.8 Å². The van der Waals surface area contributed by atoms with Crippen molar-refractivity contribution < 1.29 is 9.21 Å². The molecule has 1 aliphatic rings. The van der Waals surface area contributed by atoms with Gasteiger partial charge in [0, 0.05) is 12.8 Å². The number of ketones is 1. The van der Waals surface area contributed by atoms with E-state index < -0.39 is 0 Å². The van der Waals surface area contributed by atoms with E-state index in [2.05, 4.69) is 0 Å². The van der Waals surface area contributed by atoms with Crippen molar-refractivity contribution in [1.29, 1.82) is 0 Å². The van der Waals surface area contributed by atoms with Crippen LogP contribution < -0.4 is 0 Å². The first-order valence-electron chi connectivity index (χ1n) is 5.99. The Kier molecular flexibility index (Phi) is 4.10. The highest BCUT2D eigenvalue weighted by Gasteiger charge is 2.19. The van der Waals surface area contributed by atoms with Crippen LogP contribution in [0.25, 0.3) is 0 Å². The molecule has 1 fully saturated rings. The minimum atomic E-state index is 0.177. The summed E-state index contributed by atoms with van der Waals surface area (Å²) in [7, 11) is 0. The third-order valence-electron chi connectivity index (χ3n) is 3.10. The Hall–Kier alpha value is -0.700. The van der Waals surface area contributed by atoms with E-state index in [1.165, 1.54) is 24.3 Å². The molecule has 2 nitrogen and oxygen atoms in total. The Bertz CT molecular complexity index is 351. The number of carbonyl (C=O) groups is 1. The molecule has 16 heavy (non-hydrogen) atoms. The van der Waals surface area contributed by atoms with Gasteiger partial charge in [0.25, 0.3) is 0 Å². The average Bonchev–Trinajstić information content (AvgIpc) is 2.79. The standard InChI is InChI=1S/C13H18O2S/c1-2-11-3-4-13(15-11)12(14)9-10-5-7-16-8-6-10/h3-4,10H,2,5-9H2,1H3. The molecule has 0 aromatic carbocycles. The van der Waals surface area contributed by atoms with Crippen LogP contribution in [0.3, 0.4) is 0 Å². The van der Waals surface area contributed by atoms with Gasteiger partial charge in [-0.05, 0) is 42.4 Å². The molecule has 88 valence electrons. The number of aryl methyl sites for hydroxylation is 1. The topological polar surface area (TPSA) is 30.2 Å². The molecule has 0 aliphatic carbocycles. The van der Waals surface area contributed by atoms with Crippen LogP contribution in [0.5, 0.6) is 0 Å². The lowest BCUT2D eigenvalue weighted by Gasteiger charge is -2.19. The summed E-state index contributed by atoms with van der Waals surface area (Å²) in [4.78, 5) is 11.9. The van der Waals surface area contributed by atoms with Crippen LogP contribution in [-0.4, -0.2) is 17.3 Å². The minimum absolute atomic E-state index is 0.177. The SMILES string of the molecule is CCc1ccc(C(=O)CC2CCSCC2)o1. The van der Waals surface area contributed by atoms with Gasteiger partial charge < -0.3 is 4.42 Å². The van der Waals surface area contributed by atoms with Crippen LogP contribution in [0.1, 0.15) is 42.5 Å². The van der Waals surface area contributed by atoms with Crippen molar-refractivity contribution in [2.75, 3.05) is 11.5 Å². The van der Waals surface area contributed by atoms with E-state index in [9.17, 15) is 4.79 Å². The zero-order valence-corrected chi connectivity index (χ0v) is 10.5. The van der Waals surface area contributed by atoms with Crippen molar-refractivity contribution in [2.45, 2.75) is 32.6 Å². The molecule has 1 aromatic rings. The normalized spacial score (nSPS) is 17.6. The van der Waals surface area contributed by atoms with Gasteiger partial charge in [-0.1, -0.05) is 6.92 Å². The fourth-order valence-electron chi connectivity index (χ4n) is 2.03. The van der Waals surface area contributed by atoms with Gasteiger partial charge in [0.1, 0.15) is 5.76 Å². The Labute approximate surface area is 101 Å². The van der Waals surface area contributed by atoms with Crippen molar-refractivity contribution in [3.63, 3.8) is 0 Å². The fraction of sp³-hybridized carbons (Fsp3) is 0.615. The summed E-state index contributed by atoms with van der Waals surface area (Å²) in [6.07, 6.45) is 3.88. The molecular formula is C13H18O2S. The van der Waals surface area contributed by atoms with Gasteiger partial charge >= 0.3 is 0 Å². The number of Topliss-reactive ketones (excluding diaryl/α,β-unsaturated/α-hetero) is 1. The molecule has 0 atom stereocenters. The lowest BCUT2D eigenvalue weighted by molar-refractivity contribution is 0.0929. The van der Waals surface area contributed by atoms with Crippen LogP contribution in [0, 0.1) is 5.92 Å². The van der Waals surface area contributed by atoms with E-state index in [-0.39, 0.29) is 5.78 Å². The fourth-order valence-corrected chi connectivity index (χ4v) is 3.24. The van der Waals surface area contributed by atoms with Crippen LogP contribution in [0.4, 0.5) is 0 Å². The summed E-state index contributed by atoms with van der Waals surface area (Å²) < 4.78 is 5.48. The van der Waals surface area contributed by atoms with E-state index in [1.54, 1.807) is 0 Å². The third-order valence-corrected chi connectivity index (χ3v) is 4.15. The van der Waals surface area contributed by atoms with E-state index in [0.29, 0.717) is 18.1 Å². The zero-order valence-electron chi connectivity index (χ0n) is 9.70. The number of thioether (sulfide) groups is 1. The maximum absolute atomic E-state index is 11.9. The molecule has 2 rings (SSSR count). The van der Waals surface area contributed by atoms with Crippen LogP contribution in [0.15, 0.2) is 16.5 Å². The summed E-state index contributed by atoms with van der Waals surface area (Å²) in [5.74, 6) is 4.62. The van der Waals surface area contributed by atoms with Crippen molar-refractivity contribution in [3.05, 3.63) is 23.7 Å². The quantitative estimate of drug-likeness (QED) is 0.751. The molecular weight excluding hydrogens is 220 g/mol. The molecule has 0 bridgehead atoms. The molecule has 0 saturated carbocycles. The lowest BCUT2D eigenvalue weighted by atomic mass is 9.96. The minimum Gasteiger partial charge on any atom is -0.458 e. The van der Waals surface area contributed by atoms with Gasteiger partial charge in [0.05, 0.1) is 0 Å². The number of hydrogen-bond donors (Lipinski definition) is 0. The zero-order chi connectivity index (χ0) is 11.4. The van der Waals surface area contributed by atoms with E-state index in [1.807, 2.05) is 30.8 Å². The van der Waals surface area contributed by atoms with Gasteiger partial charge in [0.15, 0.2) is 11.5 Å². The second-order valence-electron chi connectivity index (χ2n) is 4.30. The number of hydrogen-bond acceptors (Lipinski definition) is 3. The molecule has 1 saturated heterocycles. The molecule has 0 radical (unpaired) electrons. The first-order valence-corrected chi connectivity index (χ1v) is 7.14. The van der Waals surface area contributed by atoms with Gasteiger partial charge in [-0.15, -0.1) is 0 Å². The maximum atomic E-state index is 11.9. The second-order valence-corrected chi connectivity index (χ2v) is 5.53. The van der Waals surface area contributed by atoms with Gasteiger partial charge in [-0.2, -0.15) is 11.8 Å². The summed E-state index contributed by atoms with van der Waals surface area (Å²) in [5, 5.41) is 0. The molecule has 3 heteroatoms. The van der Waals surface area contributed by atoms with Gasteiger partial charge in [0.2, 0.25) is 0 Å². The van der Waals surface area contributed by atoms with Gasteiger partial charge in [-0.25, -0.2) is 0 Å². The Morgan fingerprint density at radius 1 is 1.44 bits per heavy atom. The number of rotatable bonds is 4. The Morgan fingerprint density at radius 2 is 2.19 bits per heavy atom. The molecule has 1 aromatic heterocycles. The molecule has 0 amide bonds. The predicted octanol–water partition coefficient (Wildman–Crippen LogP) is 3.56. The lowest BCUT2D eigenvalue weighted by Crippen LogP contribution is -2.14. The maximum Gasteiger partial charge on any atom is 0.198 e.